The average molecular weight is 151 g/mol. The molecule has 0 aliphatic carbocycles. The lowest BCUT2D eigenvalue weighted by Crippen LogP contribution is -1.98. The summed E-state index contributed by atoms with van der Waals surface area (Å²) < 4.78 is 0. The van der Waals surface area contributed by atoms with Crippen molar-refractivity contribution in [1.82, 2.24) is 0 Å². The zero-order valence-electron chi connectivity index (χ0n) is 6.67. The highest BCUT2D eigenvalue weighted by molar-refractivity contribution is 5.54. The number of nitrogens with one attached hydrogen (secondary N) is 1. The lowest BCUT2D eigenvalue weighted by atomic mass is 10.3. The lowest BCUT2D eigenvalue weighted by molar-refractivity contribution is 0.477. The van der Waals surface area contributed by atoms with Crippen molar-refractivity contribution in [3.8, 4) is 5.75 Å². The van der Waals surface area contributed by atoms with E-state index in [2.05, 4.69) is 12.2 Å². The second kappa shape index (κ2) is 3.86. The van der Waals surface area contributed by atoms with Crippen molar-refractivity contribution in [3.63, 3.8) is 0 Å². The fraction of sp³-hybridized carbons (Fsp3) is 0.333. The maximum Gasteiger partial charge on any atom is 0.138 e. The summed E-state index contributed by atoms with van der Waals surface area (Å²) in [5, 5.41) is 12.4. The predicted octanol–water partition coefficient (Wildman–Crippen LogP) is 2.21. The molecule has 2 heteroatoms. The molecule has 2 N–H and O–H groups in total. The van der Waals surface area contributed by atoms with Gasteiger partial charge in [0.15, 0.2) is 0 Å². The summed E-state index contributed by atoms with van der Waals surface area (Å²) in [6.45, 7) is 2.99. The second-order valence-corrected chi connectivity index (χ2v) is 2.44. The third-order valence-electron chi connectivity index (χ3n) is 1.47. The van der Waals surface area contributed by atoms with Gasteiger partial charge in [0.05, 0.1) is 5.69 Å². The maximum absolute atomic E-state index is 9.27. The van der Waals surface area contributed by atoms with Crippen molar-refractivity contribution in [1.29, 1.82) is 0 Å². The molecule has 11 heavy (non-hydrogen) atoms. The number of hydrogen-bond acceptors (Lipinski definition) is 2. The number of benzene rings is 1. The lowest BCUT2D eigenvalue weighted by Gasteiger charge is -2.05. The molecule has 2 nitrogen and oxygen atoms in total. The first-order chi connectivity index (χ1) is 5.34. The molecule has 1 rings (SSSR count). The van der Waals surface area contributed by atoms with Gasteiger partial charge in [-0.3, -0.25) is 0 Å². The zero-order valence-corrected chi connectivity index (χ0v) is 6.67. The number of anilines is 1. The number of hydrogen-bond donors (Lipinski definition) is 2. The topological polar surface area (TPSA) is 32.3 Å². The summed E-state index contributed by atoms with van der Waals surface area (Å²) in [6.07, 6.45) is 1.06. The Kier molecular flexibility index (Phi) is 2.78. The van der Waals surface area contributed by atoms with Gasteiger partial charge in [0.1, 0.15) is 5.75 Å². The molecule has 60 valence electrons. The summed E-state index contributed by atoms with van der Waals surface area (Å²) in [5.41, 5.74) is 0.814. The first-order valence-electron chi connectivity index (χ1n) is 3.86. The Morgan fingerprint density at radius 1 is 1.36 bits per heavy atom. The number of phenolic OH excluding ortho intramolecular Hbond substituents is 1. The Hall–Kier alpha value is -1.18. The molecular formula is C9H13NO. The number of rotatable bonds is 3. The summed E-state index contributed by atoms with van der Waals surface area (Å²) in [5.74, 6) is 0.320. The molecule has 0 unspecified atom stereocenters. The van der Waals surface area contributed by atoms with Crippen LogP contribution in [0, 0.1) is 0 Å². The van der Waals surface area contributed by atoms with E-state index in [1.807, 2.05) is 18.2 Å². The van der Waals surface area contributed by atoms with Gasteiger partial charge in [0, 0.05) is 6.54 Å². The maximum atomic E-state index is 9.27. The highest BCUT2D eigenvalue weighted by atomic mass is 16.3. The van der Waals surface area contributed by atoms with Crippen molar-refractivity contribution >= 4 is 5.69 Å². The number of aromatic hydroxyl groups is 1. The van der Waals surface area contributed by atoms with Crippen LogP contribution in [0.5, 0.6) is 5.75 Å². The minimum atomic E-state index is 0.320. The van der Waals surface area contributed by atoms with E-state index in [-0.39, 0.29) is 0 Å². The van der Waals surface area contributed by atoms with Gasteiger partial charge in [-0.1, -0.05) is 19.1 Å². The van der Waals surface area contributed by atoms with Crippen LogP contribution in [0.15, 0.2) is 24.3 Å². The largest absolute Gasteiger partial charge is 0.506 e. The number of phenols is 1. The standard InChI is InChI=1S/C9H13NO/c1-2-7-10-8-5-3-4-6-9(8)11/h3-6,10-11H,2,7H2,1H3. The van der Waals surface area contributed by atoms with Crippen LogP contribution in [0.4, 0.5) is 5.69 Å². The molecule has 0 aliphatic heterocycles. The molecule has 0 atom stereocenters. The van der Waals surface area contributed by atoms with Gasteiger partial charge in [0.2, 0.25) is 0 Å². The molecule has 1 aromatic rings. The molecule has 0 saturated heterocycles. The Balaban J connectivity index is 2.62. The van der Waals surface area contributed by atoms with Crippen LogP contribution >= 0.6 is 0 Å². The Bertz CT molecular complexity index is 223. The Morgan fingerprint density at radius 3 is 2.73 bits per heavy atom. The minimum absolute atomic E-state index is 0.320. The average Bonchev–Trinajstić information content (AvgIpc) is 2.03. The summed E-state index contributed by atoms with van der Waals surface area (Å²) in [4.78, 5) is 0. The van der Waals surface area contributed by atoms with Gasteiger partial charge in [-0.05, 0) is 18.6 Å². The van der Waals surface area contributed by atoms with Gasteiger partial charge in [-0.15, -0.1) is 0 Å². The predicted molar refractivity (Wildman–Crippen MR) is 46.9 cm³/mol. The van der Waals surface area contributed by atoms with Gasteiger partial charge in [-0.25, -0.2) is 0 Å². The highest BCUT2D eigenvalue weighted by Crippen LogP contribution is 2.20. The molecule has 0 spiro atoms. The van der Waals surface area contributed by atoms with Crippen molar-refractivity contribution in [2.45, 2.75) is 13.3 Å². The highest BCUT2D eigenvalue weighted by Gasteiger charge is 1.94. The van der Waals surface area contributed by atoms with E-state index in [0.29, 0.717) is 5.75 Å². The third kappa shape index (κ3) is 2.15. The van der Waals surface area contributed by atoms with Crippen LogP contribution < -0.4 is 5.32 Å². The van der Waals surface area contributed by atoms with Crippen LogP contribution in [0.1, 0.15) is 13.3 Å². The van der Waals surface area contributed by atoms with Crippen LogP contribution in [-0.4, -0.2) is 11.7 Å². The molecule has 0 heterocycles. The number of para-hydroxylation sites is 2. The summed E-state index contributed by atoms with van der Waals surface area (Å²) >= 11 is 0. The van der Waals surface area contributed by atoms with Crippen molar-refractivity contribution in [3.05, 3.63) is 24.3 Å². The summed E-state index contributed by atoms with van der Waals surface area (Å²) in [7, 11) is 0. The van der Waals surface area contributed by atoms with Crippen LogP contribution in [0.2, 0.25) is 0 Å². The van der Waals surface area contributed by atoms with E-state index in [1.54, 1.807) is 6.07 Å². The first kappa shape index (κ1) is 7.92. The molecule has 0 amide bonds. The van der Waals surface area contributed by atoms with E-state index in [9.17, 15) is 5.11 Å². The fourth-order valence-electron chi connectivity index (χ4n) is 0.883. The van der Waals surface area contributed by atoms with E-state index in [1.165, 1.54) is 0 Å². The van der Waals surface area contributed by atoms with E-state index < -0.39 is 0 Å². The SMILES string of the molecule is CCCNc1ccccc1O. The molecular weight excluding hydrogens is 138 g/mol. The molecule has 0 fully saturated rings. The van der Waals surface area contributed by atoms with Crippen molar-refractivity contribution in [2.75, 3.05) is 11.9 Å². The van der Waals surface area contributed by atoms with E-state index in [0.717, 1.165) is 18.7 Å². The molecule has 0 bridgehead atoms. The first-order valence-corrected chi connectivity index (χ1v) is 3.86. The Labute approximate surface area is 66.9 Å². The van der Waals surface area contributed by atoms with Crippen molar-refractivity contribution in [2.24, 2.45) is 0 Å². The van der Waals surface area contributed by atoms with Crippen LogP contribution in [0.3, 0.4) is 0 Å². The summed E-state index contributed by atoms with van der Waals surface area (Å²) in [6, 6.07) is 7.26. The molecule has 0 saturated carbocycles. The fourth-order valence-corrected chi connectivity index (χ4v) is 0.883. The van der Waals surface area contributed by atoms with Crippen molar-refractivity contribution < 1.29 is 5.11 Å². The van der Waals surface area contributed by atoms with Crippen LogP contribution in [0.25, 0.3) is 0 Å². The smallest absolute Gasteiger partial charge is 0.138 e. The zero-order chi connectivity index (χ0) is 8.10. The van der Waals surface area contributed by atoms with E-state index in [4.69, 9.17) is 0 Å². The monoisotopic (exact) mass is 151 g/mol. The third-order valence-corrected chi connectivity index (χ3v) is 1.47. The van der Waals surface area contributed by atoms with Gasteiger partial charge in [-0.2, -0.15) is 0 Å². The van der Waals surface area contributed by atoms with Crippen LogP contribution in [-0.2, 0) is 0 Å². The molecule has 0 radical (unpaired) electrons. The van der Waals surface area contributed by atoms with E-state index >= 15 is 0 Å². The Morgan fingerprint density at radius 2 is 2.09 bits per heavy atom. The second-order valence-electron chi connectivity index (χ2n) is 2.44. The normalized spacial score (nSPS) is 9.55. The van der Waals surface area contributed by atoms with Gasteiger partial charge >= 0.3 is 0 Å². The molecule has 0 aliphatic rings. The quantitative estimate of drug-likeness (QED) is 0.649. The molecule has 1 aromatic carbocycles. The minimum Gasteiger partial charge on any atom is -0.506 e. The van der Waals surface area contributed by atoms with Gasteiger partial charge < -0.3 is 10.4 Å². The van der Waals surface area contributed by atoms with Gasteiger partial charge in [0.25, 0.3) is 0 Å². The molecule has 0 aromatic heterocycles.